The zero-order chi connectivity index (χ0) is 34.9. The third-order valence-corrected chi connectivity index (χ3v) is 10.6. The lowest BCUT2D eigenvalue weighted by Gasteiger charge is -2.40. The lowest BCUT2D eigenvalue weighted by Crippen LogP contribution is -2.39. The van der Waals surface area contributed by atoms with Crippen molar-refractivity contribution in [3.8, 4) is 46.0 Å². The number of hydrogen-bond donors (Lipinski definition) is 1. The molecule has 10 nitrogen and oxygen atoms in total. The van der Waals surface area contributed by atoms with E-state index in [4.69, 9.17) is 38.3 Å². The van der Waals surface area contributed by atoms with Gasteiger partial charge in [0.05, 0.1) is 47.3 Å². The van der Waals surface area contributed by atoms with Crippen LogP contribution in [0.2, 0.25) is 0 Å². The largest absolute Gasteiger partial charge is 0.493 e. The maximum Gasteiger partial charge on any atom is 0.212 e. The average Bonchev–Trinajstić information content (AvgIpc) is 3.15. The summed E-state index contributed by atoms with van der Waals surface area (Å²) in [6.07, 6.45) is 3.31. The lowest BCUT2D eigenvalue weighted by atomic mass is 9.86. The van der Waals surface area contributed by atoms with Gasteiger partial charge in [0.2, 0.25) is 5.75 Å². The van der Waals surface area contributed by atoms with Crippen LogP contribution in [0.5, 0.6) is 46.0 Å². The van der Waals surface area contributed by atoms with Gasteiger partial charge < -0.3 is 38.3 Å². The number of benzene rings is 4. The molecule has 7 bridgehead atoms. The first-order valence-electron chi connectivity index (χ1n) is 17.9. The highest BCUT2D eigenvalue weighted by atomic mass is 16.6. The molecule has 5 aliphatic heterocycles. The molecule has 9 rings (SSSR count). The smallest absolute Gasteiger partial charge is 0.212 e. The number of aliphatic hydroxyl groups excluding tert-OH is 1. The van der Waals surface area contributed by atoms with Crippen molar-refractivity contribution in [2.24, 2.45) is 0 Å². The second-order valence-corrected chi connectivity index (χ2v) is 13.6. The molecule has 4 aromatic carbocycles. The van der Waals surface area contributed by atoms with Crippen molar-refractivity contribution >= 4 is 0 Å². The molecule has 51 heavy (non-hydrogen) atoms. The fourth-order valence-corrected chi connectivity index (χ4v) is 7.95. The van der Waals surface area contributed by atoms with Crippen molar-refractivity contribution in [2.75, 3.05) is 73.9 Å². The van der Waals surface area contributed by atoms with Gasteiger partial charge >= 0.3 is 0 Å². The summed E-state index contributed by atoms with van der Waals surface area (Å²) in [5.74, 6) is 5.63. The Labute approximate surface area is 299 Å². The summed E-state index contributed by atoms with van der Waals surface area (Å²) in [5, 5.41) is 9.01. The molecule has 0 saturated heterocycles. The molecular formula is C41H46N2O8. The molecular weight excluding hydrogens is 648 g/mol. The Kier molecular flexibility index (Phi) is 9.76. The van der Waals surface area contributed by atoms with E-state index in [0.717, 1.165) is 73.7 Å². The van der Waals surface area contributed by atoms with E-state index >= 15 is 0 Å². The fraction of sp³-hybridized carbons (Fsp3) is 0.415. The van der Waals surface area contributed by atoms with Gasteiger partial charge in [-0.25, -0.2) is 0 Å². The normalized spacial score (nSPS) is 19.1. The molecule has 2 atom stereocenters. The van der Waals surface area contributed by atoms with Crippen LogP contribution in [0.4, 0.5) is 0 Å². The van der Waals surface area contributed by atoms with E-state index in [0.29, 0.717) is 55.2 Å². The summed E-state index contributed by atoms with van der Waals surface area (Å²) in [5.41, 5.74) is 7.18. The van der Waals surface area contributed by atoms with E-state index in [1.165, 1.54) is 22.3 Å². The molecule has 268 valence electrons. The van der Waals surface area contributed by atoms with Crippen LogP contribution >= 0.6 is 0 Å². The van der Waals surface area contributed by atoms with E-state index in [-0.39, 0.29) is 18.7 Å². The standard InChI is InChI=1S/C41H46N2O8/c1-42-12-10-28-23-36-37-25-31(28)32(42)21-27-6-9-34(45-2)35(22-27)49-30-7-4-26(5-8-30)20-33-39-29(24-38(46-3)40(50-36)41(39)51-37)11-13-43(33)14-16-47-18-19-48-17-15-44/h4-9,22-25,32-33,44H,10-21H2,1-3H3. The van der Waals surface area contributed by atoms with Crippen molar-refractivity contribution < 1.29 is 38.3 Å². The van der Waals surface area contributed by atoms with E-state index in [1.807, 2.05) is 18.2 Å². The van der Waals surface area contributed by atoms with Crippen molar-refractivity contribution in [1.82, 2.24) is 9.80 Å². The van der Waals surface area contributed by atoms with Gasteiger partial charge in [-0.1, -0.05) is 18.2 Å². The number of hydrogen-bond acceptors (Lipinski definition) is 10. The molecule has 1 N–H and O–H groups in total. The average molecular weight is 695 g/mol. The number of rotatable bonds is 10. The Morgan fingerprint density at radius 3 is 2.22 bits per heavy atom. The molecule has 10 heteroatoms. The van der Waals surface area contributed by atoms with Crippen LogP contribution in [0, 0.1) is 0 Å². The highest BCUT2D eigenvalue weighted by Crippen LogP contribution is 2.56. The predicted octanol–water partition coefficient (Wildman–Crippen LogP) is 6.65. The summed E-state index contributed by atoms with van der Waals surface area (Å²) in [6.45, 7) is 4.35. The van der Waals surface area contributed by atoms with Gasteiger partial charge in [-0.3, -0.25) is 9.80 Å². The van der Waals surface area contributed by atoms with Crippen LogP contribution in [0.3, 0.4) is 0 Å². The zero-order valence-electron chi connectivity index (χ0n) is 29.6. The summed E-state index contributed by atoms with van der Waals surface area (Å²) >= 11 is 0. The van der Waals surface area contributed by atoms with Gasteiger partial charge in [-0.15, -0.1) is 0 Å². The first-order valence-corrected chi connectivity index (χ1v) is 17.9. The molecule has 0 spiro atoms. The second kappa shape index (κ2) is 14.7. The number of aliphatic hydroxyl groups is 1. The minimum absolute atomic E-state index is 0.00766. The number of methoxy groups -OCH3 is 2. The Hall–Kier alpha value is -4.32. The SMILES string of the molecule is COc1ccc2cc1Oc1ccc(cc1)CC1c3c(cc(OC)c4c3Oc3cc5c(cc3O4)CCN(C)C5C2)CCN1CCOCCOCCO. The topological polar surface area (TPSA) is 91.3 Å². The molecule has 5 aliphatic rings. The first kappa shape index (κ1) is 33.8. The van der Waals surface area contributed by atoms with Crippen LogP contribution in [-0.4, -0.2) is 88.8 Å². The molecule has 0 amide bonds. The minimum atomic E-state index is -0.00766. The molecule has 2 unspecified atom stereocenters. The van der Waals surface area contributed by atoms with E-state index in [2.05, 4.69) is 59.3 Å². The van der Waals surface area contributed by atoms with Gasteiger partial charge in [-0.05, 0) is 103 Å². The maximum atomic E-state index is 9.01. The highest BCUT2D eigenvalue weighted by molar-refractivity contribution is 5.67. The first-order chi connectivity index (χ1) is 25.0. The summed E-state index contributed by atoms with van der Waals surface area (Å²) < 4.78 is 43.3. The van der Waals surface area contributed by atoms with Crippen molar-refractivity contribution in [2.45, 2.75) is 37.8 Å². The van der Waals surface area contributed by atoms with Crippen LogP contribution in [0.15, 0.2) is 60.7 Å². The monoisotopic (exact) mass is 694 g/mol. The number of likely N-dealkylation sites (N-methyl/N-ethyl adjacent to an activating group) is 1. The zero-order valence-corrected chi connectivity index (χ0v) is 29.6. The molecule has 0 saturated carbocycles. The summed E-state index contributed by atoms with van der Waals surface area (Å²) in [4.78, 5) is 4.91. The Morgan fingerprint density at radius 2 is 1.41 bits per heavy atom. The second-order valence-electron chi connectivity index (χ2n) is 13.6. The molecule has 0 radical (unpaired) electrons. The molecule has 0 aliphatic carbocycles. The van der Waals surface area contributed by atoms with E-state index in [9.17, 15) is 0 Å². The Balaban J connectivity index is 1.22. The molecule has 4 aromatic rings. The lowest BCUT2D eigenvalue weighted by molar-refractivity contribution is 0.0216. The van der Waals surface area contributed by atoms with Crippen LogP contribution in [-0.2, 0) is 35.2 Å². The van der Waals surface area contributed by atoms with Gasteiger partial charge in [0, 0.05) is 37.3 Å². The van der Waals surface area contributed by atoms with Crippen molar-refractivity contribution in [1.29, 1.82) is 0 Å². The van der Waals surface area contributed by atoms with Gasteiger partial charge in [0.15, 0.2) is 34.5 Å². The van der Waals surface area contributed by atoms with E-state index < -0.39 is 0 Å². The fourth-order valence-electron chi connectivity index (χ4n) is 7.95. The predicted molar refractivity (Wildman–Crippen MR) is 192 cm³/mol. The third kappa shape index (κ3) is 6.74. The van der Waals surface area contributed by atoms with Crippen molar-refractivity contribution in [3.05, 3.63) is 94.0 Å². The quantitative estimate of drug-likeness (QED) is 0.160. The van der Waals surface area contributed by atoms with Crippen LogP contribution in [0.25, 0.3) is 0 Å². The highest BCUT2D eigenvalue weighted by Gasteiger charge is 2.38. The maximum absolute atomic E-state index is 9.01. The van der Waals surface area contributed by atoms with Crippen LogP contribution in [0.1, 0.15) is 45.5 Å². The minimum Gasteiger partial charge on any atom is -0.493 e. The van der Waals surface area contributed by atoms with Gasteiger partial charge in [0.25, 0.3) is 0 Å². The summed E-state index contributed by atoms with van der Waals surface area (Å²) in [6, 6.07) is 21.2. The van der Waals surface area contributed by atoms with Crippen LogP contribution < -0.4 is 23.7 Å². The van der Waals surface area contributed by atoms with E-state index in [1.54, 1.807) is 14.2 Å². The Bertz CT molecular complexity index is 1880. The number of nitrogens with zero attached hydrogens (tertiary/aromatic N) is 2. The summed E-state index contributed by atoms with van der Waals surface area (Å²) in [7, 11) is 5.57. The number of fused-ring (bicyclic) bond motifs is 2. The molecule has 0 fully saturated rings. The van der Waals surface area contributed by atoms with Gasteiger partial charge in [0.1, 0.15) is 5.75 Å². The Morgan fingerprint density at radius 1 is 0.686 bits per heavy atom. The molecule has 0 aromatic heterocycles. The number of ether oxygens (including phenoxy) is 7. The molecule has 5 heterocycles. The van der Waals surface area contributed by atoms with Gasteiger partial charge in [-0.2, -0.15) is 0 Å². The third-order valence-electron chi connectivity index (χ3n) is 10.6. The van der Waals surface area contributed by atoms with Crippen molar-refractivity contribution in [3.63, 3.8) is 0 Å².